The number of benzene rings is 2. The number of nitrogens with two attached hydrogens (primary N) is 1. The van der Waals surface area contributed by atoms with Crippen molar-refractivity contribution in [2.45, 2.75) is 38.8 Å². The van der Waals surface area contributed by atoms with E-state index in [0.717, 1.165) is 25.1 Å². The zero-order chi connectivity index (χ0) is 18.8. The zero-order valence-corrected chi connectivity index (χ0v) is 15.9. The van der Waals surface area contributed by atoms with Gasteiger partial charge < -0.3 is 11.1 Å². The van der Waals surface area contributed by atoms with Crippen LogP contribution in [-0.2, 0) is 11.2 Å². The SMILES string of the molecule is CCN(CC)C(CNC(=O)CC(N)c1ccccc1)Cc1ccccc1. The van der Waals surface area contributed by atoms with Gasteiger partial charge in [0.05, 0.1) is 0 Å². The average molecular weight is 354 g/mol. The van der Waals surface area contributed by atoms with Gasteiger partial charge in [-0.05, 0) is 30.6 Å². The summed E-state index contributed by atoms with van der Waals surface area (Å²) in [5.41, 5.74) is 8.45. The maximum atomic E-state index is 12.4. The summed E-state index contributed by atoms with van der Waals surface area (Å²) in [6.07, 6.45) is 1.23. The van der Waals surface area contributed by atoms with Crippen LogP contribution in [0.3, 0.4) is 0 Å². The number of nitrogens with one attached hydrogen (secondary N) is 1. The molecule has 0 aliphatic carbocycles. The topological polar surface area (TPSA) is 58.4 Å². The summed E-state index contributed by atoms with van der Waals surface area (Å²) in [6, 6.07) is 20.2. The molecule has 2 rings (SSSR count). The van der Waals surface area contributed by atoms with Crippen molar-refractivity contribution >= 4 is 5.91 Å². The van der Waals surface area contributed by atoms with Gasteiger partial charge in [0.15, 0.2) is 0 Å². The Hall–Kier alpha value is -2.17. The van der Waals surface area contributed by atoms with E-state index >= 15 is 0 Å². The molecule has 0 heterocycles. The smallest absolute Gasteiger partial charge is 0.221 e. The monoisotopic (exact) mass is 353 g/mol. The molecule has 4 nitrogen and oxygen atoms in total. The first-order valence-corrected chi connectivity index (χ1v) is 9.49. The highest BCUT2D eigenvalue weighted by Gasteiger charge is 2.18. The molecule has 2 aromatic carbocycles. The van der Waals surface area contributed by atoms with E-state index in [4.69, 9.17) is 5.73 Å². The van der Waals surface area contributed by atoms with Gasteiger partial charge in [-0.15, -0.1) is 0 Å². The molecular weight excluding hydrogens is 322 g/mol. The lowest BCUT2D eigenvalue weighted by molar-refractivity contribution is -0.121. The second-order valence-corrected chi connectivity index (χ2v) is 6.59. The Morgan fingerprint density at radius 2 is 1.58 bits per heavy atom. The fourth-order valence-electron chi connectivity index (χ4n) is 3.28. The maximum absolute atomic E-state index is 12.4. The Balaban J connectivity index is 1.91. The molecule has 0 aliphatic rings. The summed E-state index contributed by atoms with van der Waals surface area (Å²) in [7, 11) is 0. The molecule has 140 valence electrons. The van der Waals surface area contributed by atoms with Crippen LogP contribution in [0.5, 0.6) is 0 Å². The molecule has 3 N–H and O–H groups in total. The van der Waals surface area contributed by atoms with Gasteiger partial charge in [-0.2, -0.15) is 0 Å². The third-order valence-electron chi connectivity index (χ3n) is 4.81. The van der Waals surface area contributed by atoms with Crippen molar-refractivity contribution in [2.24, 2.45) is 5.73 Å². The van der Waals surface area contributed by atoms with E-state index < -0.39 is 0 Å². The lowest BCUT2D eigenvalue weighted by atomic mass is 10.0. The van der Waals surface area contributed by atoms with Crippen molar-refractivity contribution < 1.29 is 4.79 Å². The Labute approximate surface area is 157 Å². The summed E-state index contributed by atoms with van der Waals surface area (Å²) in [4.78, 5) is 14.8. The van der Waals surface area contributed by atoms with E-state index in [-0.39, 0.29) is 18.0 Å². The molecule has 0 saturated carbocycles. The summed E-state index contributed by atoms with van der Waals surface area (Å²) >= 11 is 0. The van der Waals surface area contributed by atoms with E-state index in [2.05, 4.69) is 48.3 Å². The van der Waals surface area contributed by atoms with Crippen molar-refractivity contribution in [1.29, 1.82) is 0 Å². The largest absolute Gasteiger partial charge is 0.354 e. The first-order valence-electron chi connectivity index (χ1n) is 9.49. The van der Waals surface area contributed by atoms with Gasteiger partial charge in [-0.3, -0.25) is 9.69 Å². The Morgan fingerprint density at radius 3 is 2.15 bits per heavy atom. The molecule has 0 fully saturated rings. The number of likely N-dealkylation sites (N-methyl/N-ethyl adjacent to an activating group) is 1. The van der Waals surface area contributed by atoms with Crippen molar-refractivity contribution in [3.63, 3.8) is 0 Å². The molecule has 4 heteroatoms. The quantitative estimate of drug-likeness (QED) is 0.690. The summed E-state index contributed by atoms with van der Waals surface area (Å²) in [5, 5.41) is 3.09. The molecule has 0 radical (unpaired) electrons. The molecule has 2 aromatic rings. The van der Waals surface area contributed by atoms with Gasteiger partial charge >= 0.3 is 0 Å². The Kier molecular flexibility index (Phi) is 8.32. The molecular formula is C22H31N3O. The Morgan fingerprint density at radius 1 is 1.00 bits per heavy atom. The van der Waals surface area contributed by atoms with Crippen LogP contribution < -0.4 is 11.1 Å². The number of carbonyl (C=O) groups excluding carboxylic acids is 1. The normalized spacial score (nSPS) is 13.4. The van der Waals surface area contributed by atoms with E-state index in [0.29, 0.717) is 13.0 Å². The predicted octanol–water partition coefficient (Wildman–Crippen LogP) is 3.15. The molecule has 2 atom stereocenters. The Bertz CT molecular complexity index is 641. The molecule has 26 heavy (non-hydrogen) atoms. The molecule has 0 bridgehead atoms. The number of nitrogens with zero attached hydrogens (tertiary/aromatic N) is 1. The van der Waals surface area contributed by atoms with E-state index in [1.165, 1.54) is 5.56 Å². The van der Waals surface area contributed by atoms with Gasteiger partial charge in [0.2, 0.25) is 5.91 Å². The predicted molar refractivity (Wildman–Crippen MR) is 108 cm³/mol. The molecule has 0 aromatic heterocycles. The van der Waals surface area contributed by atoms with Crippen molar-refractivity contribution in [1.82, 2.24) is 10.2 Å². The number of rotatable bonds is 10. The number of hydrogen-bond acceptors (Lipinski definition) is 3. The van der Waals surface area contributed by atoms with E-state index in [1.807, 2.05) is 36.4 Å². The lowest BCUT2D eigenvalue weighted by Gasteiger charge is -2.30. The third-order valence-corrected chi connectivity index (χ3v) is 4.81. The van der Waals surface area contributed by atoms with Crippen LogP contribution in [0.25, 0.3) is 0 Å². The first kappa shape index (κ1) is 20.1. The maximum Gasteiger partial charge on any atom is 0.221 e. The number of amides is 1. The first-order chi connectivity index (χ1) is 12.6. The minimum absolute atomic E-state index is 0.00608. The van der Waals surface area contributed by atoms with Crippen LogP contribution in [0.1, 0.15) is 37.4 Å². The van der Waals surface area contributed by atoms with Crippen LogP contribution >= 0.6 is 0 Å². The number of carbonyl (C=O) groups is 1. The van der Waals surface area contributed by atoms with Crippen LogP contribution in [0.15, 0.2) is 60.7 Å². The van der Waals surface area contributed by atoms with Gasteiger partial charge in [0.1, 0.15) is 0 Å². The second kappa shape index (κ2) is 10.7. The van der Waals surface area contributed by atoms with Gasteiger partial charge in [-0.25, -0.2) is 0 Å². The average Bonchev–Trinajstić information content (AvgIpc) is 2.68. The van der Waals surface area contributed by atoms with Gasteiger partial charge in [0, 0.05) is 25.0 Å². The van der Waals surface area contributed by atoms with Gasteiger partial charge in [0.25, 0.3) is 0 Å². The lowest BCUT2D eigenvalue weighted by Crippen LogP contribution is -2.45. The van der Waals surface area contributed by atoms with Crippen LogP contribution in [0, 0.1) is 0 Å². The standard InChI is InChI=1S/C22H31N3O/c1-3-25(4-2)20(15-18-11-7-5-8-12-18)17-24-22(26)16-21(23)19-13-9-6-10-14-19/h5-14,20-21H,3-4,15-17,23H2,1-2H3,(H,24,26). The van der Waals surface area contributed by atoms with Gasteiger partial charge in [-0.1, -0.05) is 74.5 Å². The zero-order valence-electron chi connectivity index (χ0n) is 15.9. The molecule has 0 aliphatic heterocycles. The molecule has 1 amide bonds. The van der Waals surface area contributed by atoms with Crippen molar-refractivity contribution in [3.8, 4) is 0 Å². The highest BCUT2D eigenvalue weighted by molar-refractivity contribution is 5.76. The van der Waals surface area contributed by atoms with Crippen molar-refractivity contribution in [3.05, 3.63) is 71.8 Å². The summed E-state index contributed by atoms with van der Waals surface area (Å²) in [6.45, 7) is 6.89. The molecule has 0 spiro atoms. The van der Waals surface area contributed by atoms with Crippen LogP contribution in [0.2, 0.25) is 0 Å². The van der Waals surface area contributed by atoms with E-state index in [1.54, 1.807) is 0 Å². The fourth-order valence-corrected chi connectivity index (χ4v) is 3.28. The highest BCUT2D eigenvalue weighted by Crippen LogP contribution is 2.13. The summed E-state index contributed by atoms with van der Waals surface area (Å²) in [5.74, 6) is 0.00608. The number of hydrogen-bond donors (Lipinski definition) is 2. The van der Waals surface area contributed by atoms with E-state index in [9.17, 15) is 4.79 Å². The van der Waals surface area contributed by atoms with Crippen LogP contribution in [0.4, 0.5) is 0 Å². The minimum atomic E-state index is -0.266. The fraction of sp³-hybridized carbons (Fsp3) is 0.409. The molecule has 0 saturated heterocycles. The minimum Gasteiger partial charge on any atom is -0.354 e. The second-order valence-electron chi connectivity index (χ2n) is 6.59. The van der Waals surface area contributed by atoms with Crippen LogP contribution in [-0.4, -0.2) is 36.5 Å². The van der Waals surface area contributed by atoms with Crippen molar-refractivity contribution in [2.75, 3.05) is 19.6 Å². The molecule has 2 unspecified atom stereocenters. The third kappa shape index (κ3) is 6.28. The summed E-state index contributed by atoms with van der Waals surface area (Å²) < 4.78 is 0. The highest BCUT2D eigenvalue weighted by atomic mass is 16.1.